The number of hydrogen-bond acceptors (Lipinski definition) is 1. The maximum absolute atomic E-state index is 5.89. The summed E-state index contributed by atoms with van der Waals surface area (Å²) >= 11 is 0. The van der Waals surface area contributed by atoms with Crippen LogP contribution >= 0.6 is 0 Å². The van der Waals surface area contributed by atoms with Gasteiger partial charge >= 0.3 is 0 Å². The molecule has 0 N–H and O–H groups in total. The van der Waals surface area contributed by atoms with Gasteiger partial charge in [0.1, 0.15) is 5.60 Å². The average molecular weight is 224 g/mol. The van der Waals surface area contributed by atoms with Crippen LogP contribution in [-0.2, 0) is 16.8 Å². The van der Waals surface area contributed by atoms with E-state index in [1.54, 1.807) is 0 Å². The van der Waals surface area contributed by atoms with Crippen molar-refractivity contribution in [3.63, 3.8) is 0 Å². The molecule has 1 heteroatoms. The molecular formula is C16H16O. The molecule has 0 radical (unpaired) electrons. The van der Waals surface area contributed by atoms with Crippen LogP contribution in [0.4, 0.5) is 0 Å². The summed E-state index contributed by atoms with van der Waals surface area (Å²) in [6.45, 7) is 2.15. The third-order valence-electron chi connectivity index (χ3n) is 3.56. The first-order valence-corrected chi connectivity index (χ1v) is 6.08. The molecule has 1 saturated heterocycles. The largest absolute Gasteiger partial charge is 0.361 e. The molecule has 0 bridgehead atoms. The summed E-state index contributed by atoms with van der Waals surface area (Å²) in [4.78, 5) is 0. The normalized spacial score (nSPS) is 26.8. The molecule has 1 heterocycles. The fourth-order valence-electron chi connectivity index (χ4n) is 2.49. The predicted molar refractivity (Wildman–Crippen MR) is 68.8 cm³/mol. The van der Waals surface area contributed by atoms with E-state index in [0.717, 1.165) is 6.42 Å². The molecule has 1 aliphatic heterocycles. The molecule has 2 aromatic rings. The number of hydrogen-bond donors (Lipinski definition) is 0. The lowest BCUT2D eigenvalue weighted by Gasteiger charge is -2.13. The van der Waals surface area contributed by atoms with E-state index in [4.69, 9.17) is 4.74 Å². The molecule has 1 nitrogen and oxygen atoms in total. The van der Waals surface area contributed by atoms with Crippen LogP contribution in [0, 0.1) is 0 Å². The monoisotopic (exact) mass is 224 g/mol. The molecule has 1 aliphatic rings. The van der Waals surface area contributed by atoms with Crippen LogP contribution in [0.5, 0.6) is 0 Å². The lowest BCUT2D eigenvalue weighted by molar-refractivity contribution is 0.297. The van der Waals surface area contributed by atoms with Crippen molar-refractivity contribution >= 4 is 0 Å². The molecule has 17 heavy (non-hydrogen) atoms. The van der Waals surface area contributed by atoms with E-state index in [-0.39, 0.29) is 5.60 Å². The lowest BCUT2D eigenvalue weighted by Crippen LogP contribution is -2.15. The fraction of sp³-hybridized carbons (Fsp3) is 0.250. The van der Waals surface area contributed by atoms with Gasteiger partial charge in [0.05, 0.1) is 6.10 Å². The molecule has 2 atom stereocenters. The van der Waals surface area contributed by atoms with Crippen molar-refractivity contribution in [1.82, 2.24) is 0 Å². The van der Waals surface area contributed by atoms with Crippen molar-refractivity contribution in [2.45, 2.75) is 25.0 Å². The zero-order valence-electron chi connectivity index (χ0n) is 9.97. The third-order valence-corrected chi connectivity index (χ3v) is 3.56. The second kappa shape index (κ2) is 4.01. The maximum Gasteiger partial charge on any atom is 0.123 e. The third kappa shape index (κ3) is 1.87. The summed E-state index contributed by atoms with van der Waals surface area (Å²) in [5.74, 6) is 0. The zero-order chi connectivity index (χ0) is 11.7. The van der Waals surface area contributed by atoms with E-state index < -0.39 is 0 Å². The Balaban J connectivity index is 1.90. The predicted octanol–water partition coefficient (Wildman–Crippen LogP) is 3.54. The van der Waals surface area contributed by atoms with Crippen LogP contribution < -0.4 is 0 Å². The highest BCUT2D eigenvalue weighted by Gasteiger charge is 2.54. The molecule has 0 aliphatic carbocycles. The molecule has 2 aromatic carbocycles. The first kappa shape index (κ1) is 10.5. The standard InChI is InChI=1S/C16H16O/c1-13-16(17-13,15-10-6-3-7-11-15)12-14-8-4-2-5-9-14/h2-11,13H,12H2,1H3. The SMILES string of the molecule is CC1OC1(Cc1ccccc1)c1ccccc1. The van der Waals surface area contributed by atoms with E-state index >= 15 is 0 Å². The summed E-state index contributed by atoms with van der Waals surface area (Å²) in [6, 6.07) is 21.1. The van der Waals surface area contributed by atoms with Gasteiger partial charge in [0.15, 0.2) is 0 Å². The Morgan fingerprint density at radius 1 is 0.941 bits per heavy atom. The van der Waals surface area contributed by atoms with Gasteiger partial charge in [0.25, 0.3) is 0 Å². The summed E-state index contributed by atoms with van der Waals surface area (Å²) in [5.41, 5.74) is 2.53. The van der Waals surface area contributed by atoms with E-state index in [1.165, 1.54) is 11.1 Å². The highest BCUT2D eigenvalue weighted by atomic mass is 16.6. The Bertz CT molecular complexity index is 491. The van der Waals surface area contributed by atoms with Crippen LogP contribution in [0.1, 0.15) is 18.1 Å². The lowest BCUT2D eigenvalue weighted by atomic mass is 9.89. The average Bonchev–Trinajstić information content (AvgIpc) is 3.03. The van der Waals surface area contributed by atoms with Gasteiger partial charge in [-0.1, -0.05) is 60.7 Å². The van der Waals surface area contributed by atoms with Gasteiger partial charge in [-0.05, 0) is 18.1 Å². The van der Waals surface area contributed by atoms with E-state index in [0.29, 0.717) is 6.10 Å². The summed E-state index contributed by atoms with van der Waals surface area (Å²) in [6.07, 6.45) is 1.27. The minimum atomic E-state index is -0.0946. The molecular weight excluding hydrogens is 208 g/mol. The smallest absolute Gasteiger partial charge is 0.123 e. The van der Waals surface area contributed by atoms with Crippen molar-refractivity contribution in [2.75, 3.05) is 0 Å². The van der Waals surface area contributed by atoms with Crippen molar-refractivity contribution in [2.24, 2.45) is 0 Å². The number of rotatable bonds is 3. The number of ether oxygens (including phenoxy) is 1. The van der Waals surface area contributed by atoms with Crippen molar-refractivity contribution in [3.05, 3.63) is 71.8 Å². The second-order valence-electron chi connectivity index (χ2n) is 4.68. The first-order chi connectivity index (χ1) is 8.31. The van der Waals surface area contributed by atoms with Crippen LogP contribution in [0.3, 0.4) is 0 Å². The second-order valence-corrected chi connectivity index (χ2v) is 4.68. The molecule has 0 aromatic heterocycles. The highest BCUT2D eigenvalue weighted by molar-refractivity contribution is 5.32. The van der Waals surface area contributed by atoms with Gasteiger partial charge in [-0.15, -0.1) is 0 Å². The molecule has 2 unspecified atom stereocenters. The molecule has 0 amide bonds. The zero-order valence-corrected chi connectivity index (χ0v) is 9.97. The molecule has 3 rings (SSSR count). The van der Waals surface area contributed by atoms with E-state index in [2.05, 4.69) is 61.5 Å². The van der Waals surface area contributed by atoms with Gasteiger partial charge in [-0.25, -0.2) is 0 Å². The molecule has 1 fully saturated rings. The van der Waals surface area contributed by atoms with Crippen LogP contribution in [-0.4, -0.2) is 6.10 Å². The van der Waals surface area contributed by atoms with Crippen LogP contribution in [0.25, 0.3) is 0 Å². The Morgan fingerprint density at radius 2 is 1.47 bits per heavy atom. The summed E-state index contributed by atoms with van der Waals surface area (Å²) in [5, 5.41) is 0. The van der Waals surface area contributed by atoms with Gasteiger partial charge in [0.2, 0.25) is 0 Å². The topological polar surface area (TPSA) is 12.5 Å². The minimum absolute atomic E-state index is 0.0946. The van der Waals surface area contributed by atoms with Gasteiger partial charge in [0, 0.05) is 6.42 Å². The van der Waals surface area contributed by atoms with Crippen LogP contribution in [0.2, 0.25) is 0 Å². The fourth-order valence-corrected chi connectivity index (χ4v) is 2.49. The number of epoxide rings is 1. The van der Waals surface area contributed by atoms with Gasteiger partial charge in [-0.2, -0.15) is 0 Å². The van der Waals surface area contributed by atoms with Crippen LogP contribution in [0.15, 0.2) is 60.7 Å². The van der Waals surface area contributed by atoms with Crippen molar-refractivity contribution in [3.8, 4) is 0 Å². The Hall–Kier alpha value is -1.60. The number of benzene rings is 2. The van der Waals surface area contributed by atoms with E-state index in [9.17, 15) is 0 Å². The van der Waals surface area contributed by atoms with E-state index in [1.807, 2.05) is 6.07 Å². The van der Waals surface area contributed by atoms with Gasteiger partial charge < -0.3 is 4.74 Å². The quantitative estimate of drug-likeness (QED) is 0.726. The van der Waals surface area contributed by atoms with Gasteiger partial charge in [-0.3, -0.25) is 0 Å². The maximum atomic E-state index is 5.89. The first-order valence-electron chi connectivity index (χ1n) is 6.08. The summed E-state index contributed by atoms with van der Waals surface area (Å²) < 4.78 is 5.89. The molecule has 0 saturated carbocycles. The highest BCUT2D eigenvalue weighted by Crippen LogP contribution is 2.48. The summed E-state index contributed by atoms with van der Waals surface area (Å²) in [7, 11) is 0. The minimum Gasteiger partial charge on any atom is -0.361 e. The molecule has 86 valence electrons. The van der Waals surface area contributed by atoms with Crippen molar-refractivity contribution in [1.29, 1.82) is 0 Å². The Morgan fingerprint density at radius 3 is 2.00 bits per heavy atom. The molecule has 0 spiro atoms. The van der Waals surface area contributed by atoms with Crippen molar-refractivity contribution < 1.29 is 4.74 Å². The Labute approximate surface area is 102 Å². The Kier molecular flexibility index (Phi) is 2.49.